The molecule has 0 aliphatic carbocycles. The molecule has 0 spiro atoms. The Balaban J connectivity index is 2.95. The average Bonchev–Trinajstić information content (AvgIpc) is 2.06. The first kappa shape index (κ1) is 10.8. The lowest BCUT2D eigenvalue weighted by atomic mass is 10.1. The lowest BCUT2D eigenvalue weighted by Crippen LogP contribution is -2.27. The molecule has 0 saturated heterocycles. The summed E-state index contributed by atoms with van der Waals surface area (Å²) in [4.78, 5) is 4.35. The van der Waals surface area contributed by atoms with Crippen molar-refractivity contribution in [3.63, 3.8) is 0 Å². The molecule has 0 radical (unpaired) electrons. The van der Waals surface area contributed by atoms with Gasteiger partial charge in [-0.2, -0.15) is 0 Å². The van der Waals surface area contributed by atoms with Crippen molar-refractivity contribution >= 4 is 11.9 Å². The van der Waals surface area contributed by atoms with Crippen LogP contribution in [0.4, 0.5) is 5.82 Å². The van der Waals surface area contributed by atoms with Crippen molar-refractivity contribution in [2.45, 2.75) is 33.2 Å². The maximum Gasteiger partial charge on any atom is 0.129 e. The van der Waals surface area contributed by atoms with E-state index in [1.165, 1.54) is 0 Å². The molecule has 0 unspecified atom stereocenters. The number of rotatable bonds is 2. The Hall–Kier alpha value is -1.31. The largest absolute Gasteiger partial charge is 0.365 e. The Kier molecular flexibility index (Phi) is 2.94. The molecule has 1 rings (SSSR count). The number of aryl methyl sites for hydroxylation is 1. The van der Waals surface area contributed by atoms with Crippen LogP contribution in [0.2, 0.25) is 0 Å². The van der Waals surface area contributed by atoms with Gasteiger partial charge in [0.25, 0.3) is 0 Å². The van der Waals surface area contributed by atoms with Crippen molar-refractivity contribution in [1.82, 2.24) is 4.98 Å². The fourth-order valence-corrected chi connectivity index (χ4v) is 1.19. The Morgan fingerprint density at radius 2 is 2.07 bits per heavy atom. The number of pyridine rings is 1. The van der Waals surface area contributed by atoms with Crippen LogP contribution in [-0.2, 0) is 0 Å². The maximum atomic E-state index is 4.35. The minimum atomic E-state index is 0.0491. The predicted molar refractivity (Wildman–Crippen MR) is 62.4 cm³/mol. The third kappa shape index (κ3) is 2.87. The second-order valence-corrected chi connectivity index (χ2v) is 4.51. The lowest BCUT2D eigenvalue weighted by molar-refractivity contribution is 0.629. The van der Waals surface area contributed by atoms with Gasteiger partial charge in [0.2, 0.25) is 0 Å². The minimum Gasteiger partial charge on any atom is -0.365 e. The number of anilines is 1. The van der Waals surface area contributed by atoms with Gasteiger partial charge in [0, 0.05) is 11.7 Å². The summed E-state index contributed by atoms with van der Waals surface area (Å²) in [6.07, 6.45) is 3.63. The molecule has 2 nitrogen and oxygen atoms in total. The van der Waals surface area contributed by atoms with Crippen LogP contribution in [0, 0.1) is 6.92 Å². The van der Waals surface area contributed by atoms with Crippen LogP contribution >= 0.6 is 0 Å². The summed E-state index contributed by atoms with van der Waals surface area (Å²) < 4.78 is 0. The number of hydrogen-bond acceptors (Lipinski definition) is 2. The molecule has 1 aromatic rings. The van der Waals surface area contributed by atoms with E-state index in [-0.39, 0.29) is 5.54 Å². The summed E-state index contributed by atoms with van der Waals surface area (Å²) in [6.45, 7) is 12.1. The van der Waals surface area contributed by atoms with E-state index < -0.39 is 0 Å². The first-order valence-corrected chi connectivity index (χ1v) is 4.79. The summed E-state index contributed by atoms with van der Waals surface area (Å²) in [7, 11) is 0. The molecule has 0 atom stereocenters. The van der Waals surface area contributed by atoms with Crippen molar-refractivity contribution in [2.75, 3.05) is 5.32 Å². The van der Waals surface area contributed by atoms with Crippen molar-refractivity contribution in [3.8, 4) is 0 Å². The second-order valence-electron chi connectivity index (χ2n) is 4.51. The van der Waals surface area contributed by atoms with Crippen molar-refractivity contribution in [1.29, 1.82) is 0 Å². The van der Waals surface area contributed by atoms with Gasteiger partial charge in [0.1, 0.15) is 5.82 Å². The topological polar surface area (TPSA) is 24.9 Å². The SMILES string of the molecule is C=Cc1cnc(NC(C)(C)C)c(C)c1. The average molecular weight is 190 g/mol. The van der Waals surface area contributed by atoms with E-state index in [2.05, 4.69) is 43.7 Å². The van der Waals surface area contributed by atoms with Gasteiger partial charge in [-0.05, 0) is 44.9 Å². The Bertz CT molecular complexity index is 335. The summed E-state index contributed by atoms with van der Waals surface area (Å²) in [5.41, 5.74) is 2.26. The molecule has 1 N–H and O–H groups in total. The summed E-state index contributed by atoms with van der Waals surface area (Å²) >= 11 is 0. The predicted octanol–water partition coefficient (Wildman–Crippen LogP) is 3.24. The highest BCUT2D eigenvalue weighted by molar-refractivity contribution is 5.53. The van der Waals surface area contributed by atoms with E-state index in [0.717, 1.165) is 16.9 Å². The van der Waals surface area contributed by atoms with Gasteiger partial charge in [-0.1, -0.05) is 12.7 Å². The van der Waals surface area contributed by atoms with Crippen molar-refractivity contribution in [2.24, 2.45) is 0 Å². The summed E-state index contributed by atoms with van der Waals surface area (Å²) in [6, 6.07) is 2.08. The summed E-state index contributed by atoms with van der Waals surface area (Å²) in [5.74, 6) is 0.947. The van der Waals surface area contributed by atoms with Crippen LogP contribution < -0.4 is 5.32 Å². The molecule has 0 aromatic carbocycles. The van der Waals surface area contributed by atoms with Gasteiger partial charge in [-0.25, -0.2) is 4.98 Å². The fraction of sp³-hybridized carbons (Fsp3) is 0.417. The molecule has 0 amide bonds. The quantitative estimate of drug-likeness (QED) is 0.774. The van der Waals surface area contributed by atoms with Crippen LogP contribution in [0.25, 0.3) is 6.08 Å². The fourth-order valence-electron chi connectivity index (χ4n) is 1.19. The molecule has 1 heterocycles. The third-order valence-corrected chi connectivity index (χ3v) is 1.83. The van der Waals surface area contributed by atoms with Crippen LogP contribution in [0.5, 0.6) is 0 Å². The molecule has 14 heavy (non-hydrogen) atoms. The van der Waals surface area contributed by atoms with Gasteiger partial charge in [0.05, 0.1) is 0 Å². The first-order valence-electron chi connectivity index (χ1n) is 4.79. The lowest BCUT2D eigenvalue weighted by Gasteiger charge is -2.22. The molecular weight excluding hydrogens is 172 g/mol. The number of nitrogens with one attached hydrogen (secondary N) is 1. The monoisotopic (exact) mass is 190 g/mol. The Morgan fingerprint density at radius 3 is 2.50 bits per heavy atom. The molecule has 0 aliphatic rings. The van der Waals surface area contributed by atoms with Gasteiger partial charge in [-0.15, -0.1) is 0 Å². The van der Waals surface area contributed by atoms with Crippen LogP contribution in [0.15, 0.2) is 18.8 Å². The van der Waals surface area contributed by atoms with E-state index >= 15 is 0 Å². The smallest absolute Gasteiger partial charge is 0.129 e. The van der Waals surface area contributed by atoms with Gasteiger partial charge in [-0.3, -0.25) is 0 Å². The standard InChI is InChI=1S/C12H18N2/c1-6-10-7-9(2)11(13-8-10)14-12(3,4)5/h6-8H,1H2,2-5H3,(H,13,14). The molecule has 0 fully saturated rings. The zero-order valence-corrected chi connectivity index (χ0v) is 9.39. The van der Waals surface area contributed by atoms with E-state index in [1.54, 1.807) is 6.08 Å². The highest BCUT2D eigenvalue weighted by Crippen LogP contribution is 2.17. The second kappa shape index (κ2) is 3.82. The van der Waals surface area contributed by atoms with Crippen LogP contribution in [-0.4, -0.2) is 10.5 Å². The number of nitrogens with zero attached hydrogens (tertiary/aromatic N) is 1. The van der Waals surface area contributed by atoms with Crippen LogP contribution in [0.3, 0.4) is 0 Å². The number of hydrogen-bond donors (Lipinski definition) is 1. The molecule has 0 saturated carbocycles. The highest BCUT2D eigenvalue weighted by Gasteiger charge is 2.11. The Morgan fingerprint density at radius 1 is 1.43 bits per heavy atom. The van der Waals surface area contributed by atoms with Crippen LogP contribution in [0.1, 0.15) is 31.9 Å². The molecular formula is C12H18N2. The zero-order chi connectivity index (χ0) is 10.8. The third-order valence-electron chi connectivity index (χ3n) is 1.83. The van der Waals surface area contributed by atoms with Gasteiger partial charge >= 0.3 is 0 Å². The van der Waals surface area contributed by atoms with Gasteiger partial charge in [0.15, 0.2) is 0 Å². The van der Waals surface area contributed by atoms with Gasteiger partial charge < -0.3 is 5.32 Å². The Labute approximate surface area is 86.1 Å². The normalized spacial score (nSPS) is 11.1. The van der Waals surface area contributed by atoms with E-state index in [0.29, 0.717) is 0 Å². The van der Waals surface area contributed by atoms with E-state index in [1.807, 2.05) is 13.1 Å². The molecule has 2 heteroatoms. The maximum absolute atomic E-state index is 4.35. The molecule has 76 valence electrons. The summed E-state index contributed by atoms with van der Waals surface area (Å²) in [5, 5.41) is 3.36. The number of aromatic nitrogens is 1. The molecule has 0 aliphatic heterocycles. The highest BCUT2D eigenvalue weighted by atomic mass is 15.0. The van der Waals surface area contributed by atoms with Crippen molar-refractivity contribution in [3.05, 3.63) is 30.0 Å². The zero-order valence-electron chi connectivity index (χ0n) is 9.39. The molecule has 1 aromatic heterocycles. The minimum absolute atomic E-state index is 0.0491. The van der Waals surface area contributed by atoms with E-state index in [9.17, 15) is 0 Å². The van der Waals surface area contributed by atoms with E-state index in [4.69, 9.17) is 0 Å². The van der Waals surface area contributed by atoms with Crippen molar-refractivity contribution < 1.29 is 0 Å². The first-order chi connectivity index (χ1) is 6.42. The molecule has 0 bridgehead atoms.